The zero-order valence-electron chi connectivity index (χ0n) is 15.9. The number of ether oxygens (including phenoxy) is 1. The number of rotatable bonds is 5. The van der Waals surface area contributed by atoms with Crippen molar-refractivity contribution in [3.63, 3.8) is 0 Å². The van der Waals surface area contributed by atoms with Crippen LogP contribution in [0.25, 0.3) is 11.3 Å². The third-order valence-electron chi connectivity index (χ3n) is 5.15. The van der Waals surface area contributed by atoms with E-state index in [1.54, 1.807) is 36.6 Å². The van der Waals surface area contributed by atoms with Crippen molar-refractivity contribution in [1.82, 2.24) is 4.98 Å². The van der Waals surface area contributed by atoms with E-state index >= 15 is 0 Å². The Bertz CT molecular complexity index is 1110. The van der Waals surface area contributed by atoms with Crippen LogP contribution >= 0.6 is 27.3 Å². The fourth-order valence-electron chi connectivity index (χ4n) is 3.54. The number of halogens is 1. The normalized spacial score (nSPS) is 15.4. The van der Waals surface area contributed by atoms with Crippen LogP contribution < -0.4 is 9.64 Å². The lowest BCUT2D eigenvalue weighted by atomic mass is 10.1. The van der Waals surface area contributed by atoms with Gasteiger partial charge in [-0.25, -0.2) is 13.4 Å². The second-order valence-corrected chi connectivity index (χ2v) is 10.8. The molecule has 5 nitrogen and oxygen atoms in total. The van der Waals surface area contributed by atoms with Crippen LogP contribution in [0.3, 0.4) is 0 Å². The zero-order valence-corrected chi connectivity index (χ0v) is 19.1. The van der Waals surface area contributed by atoms with Gasteiger partial charge in [-0.15, -0.1) is 11.3 Å². The molecule has 1 aromatic heterocycles. The standard InChI is InChI=1S/C21H21BrN2O3S2/c1-27-16-6-4-5-15(13-16)19-14-28-21(23-19)24-11-9-17(10-12-24)29(25,26)20-8-3-2-7-18(20)22/h2-8,13-14,17H,9-12H2,1H3. The van der Waals surface area contributed by atoms with E-state index in [0.29, 0.717) is 35.3 Å². The summed E-state index contributed by atoms with van der Waals surface area (Å²) in [6, 6.07) is 14.9. The molecule has 2 aromatic carbocycles. The van der Waals surface area contributed by atoms with Gasteiger partial charge in [0.1, 0.15) is 5.75 Å². The Kier molecular flexibility index (Phi) is 5.94. The monoisotopic (exact) mass is 492 g/mol. The molecule has 1 aliphatic heterocycles. The summed E-state index contributed by atoms with van der Waals surface area (Å²) >= 11 is 4.96. The molecule has 0 unspecified atom stereocenters. The largest absolute Gasteiger partial charge is 0.497 e. The fourth-order valence-corrected chi connectivity index (χ4v) is 7.19. The molecule has 1 fully saturated rings. The van der Waals surface area contributed by atoms with Gasteiger partial charge in [0.2, 0.25) is 0 Å². The van der Waals surface area contributed by atoms with Crippen molar-refractivity contribution in [3.05, 3.63) is 58.4 Å². The molecule has 0 atom stereocenters. The van der Waals surface area contributed by atoms with Gasteiger partial charge in [0, 0.05) is 28.5 Å². The smallest absolute Gasteiger partial charge is 0.185 e. The Morgan fingerprint density at radius 1 is 1.14 bits per heavy atom. The predicted octanol–water partition coefficient (Wildman–Crippen LogP) is 5.02. The lowest BCUT2D eigenvalue weighted by Gasteiger charge is -2.31. The molecule has 1 aliphatic rings. The van der Waals surface area contributed by atoms with Gasteiger partial charge in [0.05, 0.1) is 22.9 Å². The number of hydrogen-bond donors (Lipinski definition) is 0. The molecule has 1 saturated heterocycles. The quantitative estimate of drug-likeness (QED) is 0.500. The molecule has 0 amide bonds. The summed E-state index contributed by atoms with van der Waals surface area (Å²) in [4.78, 5) is 7.33. The maximum Gasteiger partial charge on any atom is 0.185 e. The first-order chi connectivity index (χ1) is 14.0. The van der Waals surface area contributed by atoms with Crippen LogP contribution in [-0.2, 0) is 9.84 Å². The number of methoxy groups -OCH3 is 1. The first-order valence-electron chi connectivity index (χ1n) is 9.32. The highest BCUT2D eigenvalue weighted by molar-refractivity contribution is 9.10. The van der Waals surface area contributed by atoms with Gasteiger partial charge in [-0.05, 0) is 53.0 Å². The minimum Gasteiger partial charge on any atom is -0.497 e. The average Bonchev–Trinajstić information content (AvgIpc) is 3.24. The van der Waals surface area contributed by atoms with Gasteiger partial charge in [-0.2, -0.15) is 0 Å². The molecule has 152 valence electrons. The van der Waals surface area contributed by atoms with Crippen molar-refractivity contribution in [3.8, 4) is 17.0 Å². The Morgan fingerprint density at radius 2 is 1.90 bits per heavy atom. The number of thiazole rings is 1. The number of benzene rings is 2. The molecule has 0 bridgehead atoms. The summed E-state index contributed by atoms with van der Waals surface area (Å²) in [6.45, 7) is 1.36. The summed E-state index contributed by atoms with van der Waals surface area (Å²) in [5, 5.41) is 2.60. The average molecular weight is 493 g/mol. The lowest BCUT2D eigenvalue weighted by Crippen LogP contribution is -2.39. The maximum absolute atomic E-state index is 13.0. The van der Waals surface area contributed by atoms with E-state index in [1.807, 2.05) is 35.7 Å². The van der Waals surface area contributed by atoms with Crippen LogP contribution in [0.1, 0.15) is 12.8 Å². The Labute approximate surface area is 183 Å². The molecule has 2 heterocycles. The van der Waals surface area contributed by atoms with E-state index in [1.165, 1.54) is 0 Å². The second-order valence-electron chi connectivity index (χ2n) is 6.91. The predicted molar refractivity (Wildman–Crippen MR) is 121 cm³/mol. The third-order valence-corrected chi connectivity index (χ3v) is 9.33. The molecule has 0 saturated carbocycles. The summed E-state index contributed by atoms with van der Waals surface area (Å²) in [5.74, 6) is 0.801. The first-order valence-corrected chi connectivity index (χ1v) is 12.5. The number of sulfone groups is 1. The molecule has 0 spiro atoms. The minimum absolute atomic E-state index is 0.365. The summed E-state index contributed by atoms with van der Waals surface area (Å²) < 4.78 is 32.0. The van der Waals surface area contributed by atoms with Gasteiger partial charge >= 0.3 is 0 Å². The van der Waals surface area contributed by atoms with Gasteiger partial charge < -0.3 is 9.64 Å². The van der Waals surface area contributed by atoms with E-state index < -0.39 is 9.84 Å². The third kappa shape index (κ3) is 4.20. The topological polar surface area (TPSA) is 59.5 Å². The van der Waals surface area contributed by atoms with Crippen molar-refractivity contribution in [2.24, 2.45) is 0 Å². The summed E-state index contributed by atoms with van der Waals surface area (Å²) in [5.41, 5.74) is 1.92. The van der Waals surface area contributed by atoms with E-state index in [-0.39, 0.29) is 5.25 Å². The van der Waals surface area contributed by atoms with Crippen LogP contribution in [0.2, 0.25) is 0 Å². The molecule has 0 radical (unpaired) electrons. The highest BCUT2D eigenvalue weighted by Gasteiger charge is 2.33. The molecular formula is C21H21BrN2O3S2. The van der Waals surface area contributed by atoms with Crippen molar-refractivity contribution in [2.45, 2.75) is 23.0 Å². The molecular weight excluding hydrogens is 472 g/mol. The highest BCUT2D eigenvalue weighted by Crippen LogP contribution is 2.33. The van der Waals surface area contributed by atoms with E-state index in [0.717, 1.165) is 22.1 Å². The first kappa shape index (κ1) is 20.4. The van der Waals surface area contributed by atoms with Crippen LogP contribution in [-0.4, -0.2) is 38.9 Å². The van der Waals surface area contributed by atoms with Gasteiger partial charge in [0.25, 0.3) is 0 Å². The van der Waals surface area contributed by atoms with Crippen LogP contribution in [0.4, 0.5) is 5.13 Å². The van der Waals surface area contributed by atoms with Crippen molar-refractivity contribution in [1.29, 1.82) is 0 Å². The Hall–Kier alpha value is -1.90. The molecule has 8 heteroatoms. The Morgan fingerprint density at radius 3 is 2.62 bits per heavy atom. The number of hydrogen-bond acceptors (Lipinski definition) is 6. The highest BCUT2D eigenvalue weighted by atomic mass is 79.9. The fraction of sp³-hybridized carbons (Fsp3) is 0.286. The SMILES string of the molecule is COc1cccc(-c2csc(N3CCC(S(=O)(=O)c4ccccc4Br)CC3)n2)c1. The van der Waals surface area contributed by atoms with Crippen LogP contribution in [0, 0.1) is 0 Å². The van der Waals surface area contributed by atoms with E-state index in [4.69, 9.17) is 9.72 Å². The lowest BCUT2D eigenvalue weighted by molar-refractivity contribution is 0.415. The summed E-state index contributed by atoms with van der Waals surface area (Å²) in [7, 11) is -1.70. The van der Waals surface area contributed by atoms with Crippen LogP contribution in [0.5, 0.6) is 5.75 Å². The molecule has 0 aliphatic carbocycles. The zero-order chi connectivity index (χ0) is 20.4. The van der Waals surface area contributed by atoms with Gasteiger partial charge in [-0.1, -0.05) is 24.3 Å². The number of piperidine rings is 1. The van der Waals surface area contributed by atoms with Gasteiger partial charge in [0.15, 0.2) is 15.0 Å². The molecule has 4 rings (SSSR count). The number of aromatic nitrogens is 1. The van der Waals surface area contributed by atoms with E-state index in [9.17, 15) is 8.42 Å². The molecule has 29 heavy (non-hydrogen) atoms. The van der Waals surface area contributed by atoms with Crippen molar-refractivity contribution in [2.75, 3.05) is 25.1 Å². The molecule has 3 aromatic rings. The second kappa shape index (κ2) is 8.45. The van der Waals surface area contributed by atoms with Gasteiger partial charge in [-0.3, -0.25) is 0 Å². The van der Waals surface area contributed by atoms with Crippen LogP contribution in [0.15, 0.2) is 63.3 Å². The molecule has 0 N–H and O–H groups in total. The van der Waals surface area contributed by atoms with Crippen molar-refractivity contribution < 1.29 is 13.2 Å². The Balaban J connectivity index is 1.46. The maximum atomic E-state index is 13.0. The number of nitrogens with zero attached hydrogens (tertiary/aromatic N) is 2. The summed E-state index contributed by atoms with van der Waals surface area (Å²) in [6.07, 6.45) is 1.19. The minimum atomic E-state index is -3.35. The number of anilines is 1. The van der Waals surface area contributed by atoms with Crippen molar-refractivity contribution >= 4 is 42.2 Å². The van der Waals surface area contributed by atoms with E-state index in [2.05, 4.69) is 20.8 Å².